The van der Waals surface area contributed by atoms with Crippen LogP contribution in [-0.4, -0.2) is 30.1 Å². The van der Waals surface area contributed by atoms with Crippen molar-refractivity contribution in [3.63, 3.8) is 0 Å². The number of nitrogens with zero attached hydrogens (tertiary/aromatic N) is 1. The molecule has 2 rings (SSSR count). The minimum absolute atomic E-state index is 0.115. The highest BCUT2D eigenvalue weighted by atomic mass is 16.6. The Morgan fingerprint density at radius 3 is 2.70 bits per heavy atom. The van der Waals surface area contributed by atoms with E-state index in [1.807, 2.05) is 31.2 Å². The predicted octanol–water partition coefficient (Wildman–Crippen LogP) is 3.13. The first-order valence-corrected chi connectivity index (χ1v) is 8.90. The van der Waals surface area contributed by atoms with E-state index in [9.17, 15) is 9.59 Å². The molecule has 0 unspecified atom stereocenters. The van der Waals surface area contributed by atoms with E-state index in [0.29, 0.717) is 18.9 Å². The van der Waals surface area contributed by atoms with Gasteiger partial charge >= 0.3 is 5.97 Å². The fourth-order valence-corrected chi connectivity index (χ4v) is 2.11. The second kappa shape index (κ2) is 11.5. The maximum Gasteiger partial charge on any atom is 0.344 e. The molecule has 142 valence electrons. The van der Waals surface area contributed by atoms with E-state index < -0.39 is 0 Å². The van der Waals surface area contributed by atoms with Crippen LogP contribution in [0.1, 0.15) is 30.9 Å². The third-order valence-corrected chi connectivity index (χ3v) is 3.61. The first kappa shape index (κ1) is 20.2. The Morgan fingerprint density at radius 2 is 2.00 bits per heavy atom. The molecule has 1 N–H and O–H groups in total. The quantitative estimate of drug-likeness (QED) is 0.396. The molecule has 0 aliphatic rings. The Labute approximate surface area is 159 Å². The predicted molar refractivity (Wildman–Crippen MR) is 103 cm³/mol. The van der Waals surface area contributed by atoms with Crippen molar-refractivity contribution in [1.82, 2.24) is 10.3 Å². The number of aromatic nitrogens is 1. The molecule has 0 spiro atoms. The van der Waals surface area contributed by atoms with Gasteiger partial charge in [-0.2, -0.15) is 0 Å². The largest absolute Gasteiger partial charge is 0.482 e. The average molecular weight is 368 g/mol. The van der Waals surface area contributed by atoms with Crippen molar-refractivity contribution in [2.45, 2.75) is 26.3 Å². The lowest BCUT2D eigenvalue weighted by Gasteiger charge is -2.07. The number of carbonyl (C=O) groups excluding carboxylic acids is 2. The summed E-state index contributed by atoms with van der Waals surface area (Å²) in [5.41, 5.74) is 1.79. The van der Waals surface area contributed by atoms with Gasteiger partial charge in [0.05, 0.1) is 6.61 Å². The SMILES string of the molecule is CCCCOC(=O)COc1ccc(/C=C/C(=O)NCc2cccnc2)cc1. The summed E-state index contributed by atoms with van der Waals surface area (Å²) >= 11 is 0. The molecule has 2 aromatic rings. The number of amides is 1. The van der Waals surface area contributed by atoms with Gasteiger partial charge in [0.25, 0.3) is 0 Å². The van der Waals surface area contributed by atoms with Crippen molar-refractivity contribution in [2.24, 2.45) is 0 Å². The molecule has 0 saturated heterocycles. The van der Waals surface area contributed by atoms with Crippen LogP contribution in [0.3, 0.4) is 0 Å². The zero-order valence-electron chi connectivity index (χ0n) is 15.4. The molecule has 1 amide bonds. The molecule has 0 aliphatic heterocycles. The van der Waals surface area contributed by atoms with Gasteiger partial charge in [-0.15, -0.1) is 0 Å². The fourth-order valence-electron chi connectivity index (χ4n) is 2.11. The molecule has 1 heterocycles. The maximum atomic E-state index is 11.8. The Kier molecular flexibility index (Phi) is 8.56. The number of ether oxygens (including phenoxy) is 2. The standard InChI is InChI=1S/C21H24N2O4/c1-2-3-13-26-21(25)16-27-19-9-6-17(7-10-19)8-11-20(24)23-15-18-5-4-12-22-14-18/h4-12,14H,2-3,13,15-16H2,1H3,(H,23,24)/b11-8+. The smallest absolute Gasteiger partial charge is 0.344 e. The van der Waals surface area contributed by atoms with E-state index >= 15 is 0 Å². The van der Waals surface area contributed by atoms with Crippen LogP contribution in [-0.2, 0) is 20.9 Å². The van der Waals surface area contributed by atoms with Crippen molar-refractivity contribution < 1.29 is 19.1 Å². The number of benzene rings is 1. The van der Waals surface area contributed by atoms with Gasteiger partial charge in [0, 0.05) is 25.0 Å². The number of nitrogens with one attached hydrogen (secondary N) is 1. The lowest BCUT2D eigenvalue weighted by atomic mass is 10.2. The molecular weight excluding hydrogens is 344 g/mol. The summed E-state index contributed by atoms with van der Waals surface area (Å²) in [6, 6.07) is 10.8. The highest BCUT2D eigenvalue weighted by molar-refractivity contribution is 5.91. The molecule has 0 radical (unpaired) electrons. The van der Waals surface area contributed by atoms with Crippen LogP contribution >= 0.6 is 0 Å². The van der Waals surface area contributed by atoms with Crippen molar-refractivity contribution in [2.75, 3.05) is 13.2 Å². The molecule has 6 heteroatoms. The first-order chi connectivity index (χ1) is 13.2. The van der Waals surface area contributed by atoms with Crippen LogP contribution in [0.4, 0.5) is 0 Å². The van der Waals surface area contributed by atoms with Crippen LogP contribution < -0.4 is 10.1 Å². The Bertz CT molecular complexity index is 743. The number of rotatable bonds is 10. The molecule has 0 atom stereocenters. The number of pyridine rings is 1. The Balaban J connectivity index is 1.73. The molecular formula is C21H24N2O4. The summed E-state index contributed by atoms with van der Waals surface area (Å²) in [6.45, 7) is 2.77. The van der Waals surface area contributed by atoms with Gasteiger partial charge in [-0.3, -0.25) is 9.78 Å². The highest BCUT2D eigenvalue weighted by Crippen LogP contribution is 2.13. The molecule has 1 aromatic heterocycles. The van der Waals surface area contributed by atoms with Gasteiger partial charge in [-0.1, -0.05) is 31.5 Å². The third kappa shape index (κ3) is 8.18. The van der Waals surface area contributed by atoms with Crippen LogP contribution in [0, 0.1) is 0 Å². The molecule has 0 bridgehead atoms. The normalized spacial score (nSPS) is 10.6. The van der Waals surface area contributed by atoms with Gasteiger partial charge in [0.15, 0.2) is 6.61 Å². The van der Waals surface area contributed by atoms with Gasteiger partial charge in [-0.05, 0) is 41.8 Å². The molecule has 27 heavy (non-hydrogen) atoms. The van der Waals surface area contributed by atoms with E-state index in [1.54, 1.807) is 30.6 Å². The Morgan fingerprint density at radius 1 is 1.19 bits per heavy atom. The van der Waals surface area contributed by atoms with E-state index in [2.05, 4.69) is 10.3 Å². The van der Waals surface area contributed by atoms with Crippen molar-refractivity contribution in [1.29, 1.82) is 0 Å². The topological polar surface area (TPSA) is 77.5 Å². The van der Waals surface area contributed by atoms with E-state index in [4.69, 9.17) is 9.47 Å². The minimum atomic E-state index is -0.377. The fraction of sp³-hybridized carbons (Fsp3) is 0.286. The van der Waals surface area contributed by atoms with Crippen LogP contribution in [0.25, 0.3) is 6.08 Å². The van der Waals surface area contributed by atoms with E-state index in [1.165, 1.54) is 6.08 Å². The van der Waals surface area contributed by atoms with Crippen LogP contribution in [0.5, 0.6) is 5.75 Å². The average Bonchev–Trinajstić information content (AvgIpc) is 2.71. The van der Waals surface area contributed by atoms with E-state index in [0.717, 1.165) is 24.0 Å². The lowest BCUT2D eigenvalue weighted by Crippen LogP contribution is -2.20. The van der Waals surface area contributed by atoms with Gasteiger partial charge in [0.1, 0.15) is 5.75 Å². The lowest BCUT2D eigenvalue weighted by molar-refractivity contribution is -0.146. The van der Waals surface area contributed by atoms with Gasteiger partial charge < -0.3 is 14.8 Å². The zero-order valence-corrected chi connectivity index (χ0v) is 15.4. The minimum Gasteiger partial charge on any atom is -0.482 e. The molecule has 0 saturated carbocycles. The monoisotopic (exact) mass is 368 g/mol. The first-order valence-electron chi connectivity index (χ1n) is 8.90. The van der Waals surface area contributed by atoms with Gasteiger partial charge in [-0.25, -0.2) is 4.79 Å². The van der Waals surface area contributed by atoms with Gasteiger partial charge in [0.2, 0.25) is 5.91 Å². The summed E-state index contributed by atoms with van der Waals surface area (Å²) in [7, 11) is 0. The number of unbranched alkanes of at least 4 members (excludes halogenated alkanes) is 1. The van der Waals surface area contributed by atoms with Crippen molar-refractivity contribution in [3.8, 4) is 5.75 Å². The molecule has 6 nitrogen and oxygen atoms in total. The summed E-state index contributed by atoms with van der Waals surface area (Å²) in [5, 5.41) is 2.79. The second-order valence-corrected chi connectivity index (χ2v) is 5.84. The summed E-state index contributed by atoms with van der Waals surface area (Å²) in [4.78, 5) is 27.3. The third-order valence-electron chi connectivity index (χ3n) is 3.61. The van der Waals surface area contributed by atoms with Crippen LogP contribution in [0.2, 0.25) is 0 Å². The number of carbonyl (C=O) groups is 2. The van der Waals surface area contributed by atoms with Crippen molar-refractivity contribution >= 4 is 18.0 Å². The second-order valence-electron chi connectivity index (χ2n) is 5.84. The summed E-state index contributed by atoms with van der Waals surface area (Å²) < 4.78 is 10.4. The number of hydrogen-bond acceptors (Lipinski definition) is 5. The highest BCUT2D eigenvalue weighted by Gasteiger charge is 2.04. The molecule has 1 aromatic carbocycles. The summed E-state index contributed by atoms with van der Waals surface area (Å²) in [6.07, 6.45) is 8.40. The Hall–Kier alpha value is -3.15. The maximum absolute atomic E-state index is 11.8. The molecule has 0 aliphatic carbocycles. The van der Waals surface area contributed by atoms with E-state index in [-0.39, 0.29) is 18.5 Å². The number of esters is 1. The van der Waals surface area contributed by atoms with Crippen LogP contribution in [0.15, 0.2) is 54.9 Å². The van der Waals surface area contributed by atoms with Crippen molar-refractivity contribution in [3.05, 3.63) is 66.0 Å². The molecule has 0 fully saturated rings. The summed E-state index contributed by atoms with van der Waals surface area (Å²) in [5.74, 6) is 0.00679. The zero-order chi connectivity index (χ0) is 19.3. The number of hydrogen-bond donors (Lipinski definition) is 1.